The first-order valence-corrected chi connectivity index (χ1v) is 6.90. The minimum atomic E-state index is -0.119. The Hall–Kier alpha value is -2.20. The fraction of sp³-hybridized carbons (Fsp3) is 0.250. The van der Waals surface area contributed by atoms with Crippen LogP contribution in [0.15, 0.2) is 48.7 Å². The highest BCUT2D eigenvalue weighted by Gasteiger charge is 2.17. The number of aromatic nitrogens is 3. The van der Waals surface area contributed by atoms with E-state index >= 15 is 0 Å². The van der Waals surface area contributed by atoms with Crippen molar-refractivity contribution < 1.29 is 0 Å². The fourth-order valence-corrected chi connectivity index (χ4v) is 2.53. The van der Waals surface area contributed by atoms with Gasteiger partial charge in [0.2, 0.25) is 0 Å². The smallest absolute Gasteiger partial charge is 0.160 e. The number of imidazole rings is 1. The van der Waals surface area contributed by atoms with Gasteiger partial charge in [-0.15, -0.1) is 0 Å². The first-order valence-electron chi connectivity index (χ1n) is 6.90. The molecule has 2 N–H and O–H groups in total. The van der Waals surface area contributed by atoms with Gasteiger partial charge in [-0.2, -0.15) is 0 Å². The Kier molecular flexibility index (Phi) is 3.48. The van der Waals surface area contributed by atoms with Crippen LogP contribution in [0.4, 0.5) is 0 Å². The molecule has 2 aromatic heterocycles. The molecule has 4 heteroatoms. The number of nitrogens with two attached hydrogens (primary N) is 1. The molecule has 1 aromatic carbocycles. The third-order valence-corrected chi connectivity index (χ3v) is 3.48. The molecule has 0 aliphatic heterocycles. The predicted octanol–water partition coefficient (Wildman–Crippen LogP) is 2.69. The number of hydrogen-bond donors (Lipinski definition) is 1. The van der Waals surface area contributed by atoms with Gasteiger partial charge in [-0.1, -0.05) is 30.3 Å². The lowest BCUT2D eigenvalue weighted by Gasteiger charge is -2.13. The summed E-state index contributed by atoms with van der Waals surface area (Å²) in [4.78, 5) is 9.06. The molecule has 0 bridgehead atoms. The molecule has 102 valence electrons. The van der Waals surface area contributed by atoms with Gasteiger partial charge in [0, 0.05) is 12.7 Å². The summed E-state index contributed by atoms with van der Waals surface area (Å²) in [6.07, 6.45) is 2.58. The molecule has 0 fully saturated rings. The lowest BCUT2D eigenvalue weighted by molar-refractivity contribution is 0.607. The van der Waals surface area contributed by atoms with Crippen LogP contribution in [-0.2, 0) is 13.0 Å². The van der Waals surface area contributed by atoms with Crippen molar-refractivity contribution in [1.82, 2.24) is 14.5 Å². The van der Waals surface area contributed by atoms with E-state index in [4.69, 9.17) is 5.73 Å². The lowest BCUT2D eigenvalue weighted by atomic mass is 10.1. The summed E-state index contributed by atoms with van der Waals surface area (Å²) < 4.78 is 2.10. The van der Waals surface area contributed by atoms with Crippen LogP contribution in [0, 0.1) is 0 Å². The van der Waals surface area contributed by atoms with Crippen molar-refractivity contribution >= 4 is 11.2 Å². The Labute approximate surface area is 118 Å². The van der Waals surface area contributed by atoms with Crippen LogP contribution in [0.2, 0.25) is 0 Å². The second-order valence-corrected chi connectivity index (χ2v) is 4.86. The Bertz CT molecular complexity index is 703. The van der Waals surface area contributed by atoms with Crippen molar-refractivity contribution in [3.8, 4) is 0 Å². The van der Waals surface area contributed by atoms with E-state index in [9.17, 15) is 0 Å². The topological polar surface area (TPSA) is 56.7 Å². The molecular formula is C16H18N4. The number of rotatable bonds is 4. The van der Waals surface area contributed by atoms with Gasteiger partial charge >= 0.3 is 0 Å². The maximum atomic E-state index is 6.36. The molecule has 1 atom stereocenters. The van der Waals surface area contributed by atoms with Gasteiger partial charge < -0.3 is 10.3 Å². The summed E-state index contributed by atoms with van der Waals surface area (Å²) in [6, 6.07) is 14.0. The monoisotopic (exact) mass is 266 g/mol. The Morgan fingerprint density at radius 2 is 1.95 bits per heavy atom. The highest BCUT2D eigenvalue weighted by molar-refractivity contribution is 5.71. The van der Waals surface area contributed by atoms with E-state index in [0.717, 1.165) is 30.0 Å². The first kappa shape index (κ1) is 12.8. The van der Waals surface area contributed by atoms with Crippen molar-refractivity contribution in [2.45, 2.75) is 25.9 Å². The molecular weight excluding hydrogens is 248 g/mol. The molecule has 4 nitrogen and oxygen atoms in total. The van der Waals surface area contributed by atoms with Gasteiger partial charge in [0.15, 0.2) is 5.65 Å². The summed E-state index contributed by atoms with van der Waals surface area (Å²) in [5, 5.41) is 0. The van der Waals surface area contributed by atoms with E-state index in [-0.39, 0.29) is 6.04 Å². The molecule has 0 aliphatic rings. The van der Waals surface area contributed by atoms with Crippen LogP contribution < -0.4 is 5.73 Å². The maximum Gasteiger partial charge on any atom is 0.160 e. The van der Waals surface area contributed by atoms with Gasteiger partial charge in [-0.25, -0.2) is 9.97 Å². The standard InChI is InChI=1S/C16H18N4/c1-2-20-15(19-14-9-6-10-18-16(14)20)13(17)11-12-7-4-3-5-8-12/h3-10,13H,2,11,17H2,1H3. The number of nitrogens with zero attached hydrogens (tertiary/aromatic N) is 3. The quantitative estimate of drug-likeness (QED) is 0.790. The van der Waals surface area contributed by atoms with Crippen molar-refractivity contribution in [3.63, 3.8) is 0 Å². The van der Waals surface area contributed by atoms with Gasteiger partial charge in [0.25, 0.3) is 0 Å². The molecule has 2 heterocycles. The Balaban J connectivity index is 1.97. The maximum absolute atomic E-state index is 6.36. The number of aryl methyl sites for hydroxylation is 1. The second-order valence-electron chi connectivity index (χ2n) is 4.86. The van der Waals surface area contributed by atoms with Crippen LogP contribution in [0.1, 0.15) is 24.4 Å². The van der Waals surface area contributed by atoms with Crippen LogP contribution >= 0.6 is 0 Å². The van der Waals surface area contributed by atoms with Crippen molar-refractivity contribution in [2.75, 3.05) is 0 Å². The van der Waals surface area contributed by atoms with Crippen LogP contribution in [0.3, 0.4) is 0 Å². The number of pyridine rings is 1. The summed E-state index contributed by atoms with van der Waals surface area (Å²) in [5.74, 6) is 0.907. The van der Waals surface area contributed by atoms with Crippen LogP contribution in [-0.4, -0.2) is 14.5 Å². The fourth-order valence-electron chi connectivity index (χ4n) is 2.53. The third-order valence-electron chi connectivity index (χ3n) is 3.48. The van der Waals surface area contributed by atoms with E-state index in [1.165, 1.54) is 5.56 Å². The molecule has 3 rings (SSSR count). The van der Waals surface area contributed by atoms with Gasteiger partial charge in [0.05, 0.1) is 6.04 Å². The van der Waals surface area contributed by atoms with Crippen LogP contribution in [0.25, 0.3) is 11.2 Å². The summed E-state index contributed by atoms with van der Waals surface area (Å²) in [5.41, 5.74) is 9.40. The highest BCUT2D eigenvalue weighted by Crippen LogP contribution is 2.20. The molecule has 1 unspecified atom stereocenters. The highest BCUT2D eigenvalue weighted by atomic mass is 15.1. The van der Waals surface area contributed by atoms with Crippen molar-refractivity contribution in [3.05, 3.63) is 60.0 Å². The summed E-state index contributed by atoms with van der Waals surface area (Å²) >= 11 is 0. The van der Waals surface area contributed by atoms with Gasteiger partial charge in [-0.05, 0) is 31.0 Å². The molecule has 0 spiro atoms. The zero-order valence-electron chi connectivity index (χ0n) is 11.5. The molecule has 0 saturated carbocycles. The van der Waals surface area contributed by atoms with E-state index in [1.54, 1.807) is 6.20 Å². The average Bonchev–Trinajstić information content (AvgIpc) is 2.87. The molecule has 0 saturated heterocycles. The molecule has 0 amide bonds. The number of benzene rings is 1. The Morgan fingerprint density at radius 3 is 2.70 bits per heavy atom. The van der Waals surface area contributed by atoms with Crippen LogP contribution in [0.5, 0.6) is 0 Å². The average molecular weight is 266 g/mol. The zero-order valence-corrected chi connectivity index (χ0v) is 11.5. The molecule has 0 radical (unpaired) electrons. The lowest BCUT2D eigenvalue weighted by Crippen LogP contribution is -2.19. The third kappa shape index (κ3) is 2.30. The molecule has 0 aliphatic carbocycles. The molecule has 20 heavy (non-hydrogen) atoms. The van der Waals surface area contributed by atoms with E-state index in [0.29, 0.717) is 0 Å². The summed E-state index contributed by atoms with van der Waals surface area (Å²) in [7, 11) is 0. The zero-order chi connectivity index (χ0) is 13.9. The van der Waals surface area contributed by atoms with Crippen molar-refractivity contribution in [2.24, 2.45) is 5.73 Å². The van der Waals surface area contributed by atoms with E-state index in [2.05, 4.69) is 33.6 Å². The predicted molar refractivity (Wildman–Crippen MR) is 80.3 cm³/mol. The van der Waals surface area contributed by atoms with Gasteiger partial charge in [-0.3, -0.25) is 0 Å². The minimum Gasteiger partial charge on any atom is -0.321 e. The Morgan fingerprint density at radius 1 is 1.15 bits per heavy atom. The SMILES string of the molecule is CCn1c(C(N)Cc2ccccc2)nc2cccnc21. The van der Waals surface area contributed by atoms with Gasteiger partial charge in [0.1, 0.15) is 11.3 Å². The van der Waals surface area contributed by atoms with E-state index < -0.39 is 0 Å². The van der Waals surface area contributed by atoms with Crippen molar-refractivity contribution in [1.29, 1.82) is 0 Å². The number of hydrogen-bond acceptors (Lipinski definition) is 3. The number of fused-ring (bicyclic) bond motifs is 1. The molecule has 3 aromatic rings. The minimum absolute atomic E-state index is 0.119. The second kappa shape index (κ2) is 5.43. The first-order chi connectivity index (χ1) is 9.79. The summed E-state index contributed by atoms with van der Waals surface area (Å²) in [6.45, 7) is 2.92. The van der Waals surface area contributed by atoms with E-state index in [1.807, 2.05) is 30.3 Å². The normalized spacial score (nSPS) is 12.7. The largest absolute Gasteiger partial charge is 0.321 e.